The lowest BCUT2D eigenvalue weighted by Gasteiger charge is -2.14. The molecule has 2 aromatic rings. The molecular formula is C21H24N2O3S. The molecule has 1 aliphatic rings. The molecule has 0 unspecified atom stereocenters. The number of hydrogen-bond acceptors (Lipinski definition) is 5. The standard InChI is InChI=1S/C21H24N2O3S/c1-12-6-7-13(2)20-19(12)14(3)23-16-10-15(8-9-17(16)27-20)21(24)22-11-18(25-4)26-5/h6-10,18H,11H2,1-5H3,(H,22,24). The van der Waals surface area contributed by atoms with Crippen LogP contribution < -0.4 is 5.32 Å². The zero-order valence-corrected chi connectivity index (χ0v) is 17.1. The molecule has 27 heavy (non-hydrogen) atoms. The molecule has 0 radical (unpaired) electrons. The maximum Gasteiger partial charge on any atom is 0.251 e. The number of methoxy groups -OCH3 is 2. The van der Waals surface area contributed by atoms with E-state index >= 15 is 0 Å². The fourth-order valence-electron chi connectivity index (χ4n) is 3.09. The highest BCUT2D eigenvalue weighted by Gasteiger charge is 2.20. The maximum absolute atomic E-state index is 12.5. The molecule has 5 nitrogen and oxygen atoms in total. The number of hydrogen-bond donors (Lipinski definition) is 1. The van der Waals surface area contributed by atoms with Gasteiger partial charge in [-0.1, -0.05) is 23.9 Å². The van der Waals surface area contributed by atoms with Crippen molar-refractivity contribution in [3.05, 3.63) is 52.6 Å². The molecular weight excluding hydrogens is 360 g/mol. The van der Waals surface area contributed by atoms with Crippen LogP contribution in [0.3, 0.4) is 0 Å². The number of amides is 1. The summed E-state index contributed by atoms with van der Waals surface area (Å²) in [7, 11) is 3.08. The quantitative estimate of drug-likeness (QED) is 0.783. The summed E-state index contributed by atoms with van der Waals surface area (Å²) in [5.41, 5.74) is 5.97. The fraction of sp³-hybridized carbons (Fsp3) is 0.333. The van der Waals surface area contributed by atoms with E-state index < -0.39 is 6.29 Å². The molecule has 0 fully saturated rings. The van der Waals surface area contributed by atoms with E-state index in [4.69, 9.17) is 14.5 Å². The zero-order valence-electron chi connectivity index (χ0n) is 16.3. The molecule has 0 spiro atoms. The highest BCUT2D eigenvalue weighted by Crippen LogP contribution is 2.43. The van der Waals surface area contributed by atoms with Crippen LogP contribution in [0.1, 0.15) is 34.0 Å². The number of ether oxygens (including phenoxy) is 2. The predicted molar refractivity (Wildman–Crippen MR) is 108 cm³/mol. The monoisotopic (exact) mass is 384 g/mol. The Hall–Kier alpha value is -2.15. The molecule has 2 aromatic carbocycles. The summed E-state index contributed by atoms with van der Waals surface area (Å²) in [4.78, 5) is 19.6. The van der Waals surface area contributed by atoms with Gasteiger partial charge in [-0.15, -0.1) is 0 Å². The Morgan fingerprint density at radius 3 is 2.52 bits per heavy atom. The molecule has 0 atom stereocenters. The first kappa shape index (κ1) is 19.6. The van der Waals surface area contributed by atoms with Crippen molar-refractivity contribution in [3.63, 3.8) is 0 Å². The molecule has 6 heteroatoms. The first-order valence-corrected chi connectivity index (χ1v) is 9.57. The van der Waals surface area contributed by atoms with Crippen LogP contribution in [0.5, 0.6) is 0 Å². The van der Waals surface area contributed by atoms with Crippen LogP contribution in [0, 0.1) is 13.8 Å². The van der Waals surface area contributed by atoms with Crippen molar-refractivity contribution in [1.82, 2.24) is 5.32 Å². The van der Waals surface area contributed by atoms with Gasteiger partial charge in [0.2, 0.25) is 0 Å². The third kappa shape index (κ3) is 4.08. The van der Waals surface area contributed by atoms with Gasteiger partial charge in [0.25, 0.3) is 5.91 Å². The number of carbonyl (C=O) groups excluding carboxylic acids is 1. The summed E-state index contributed by atoms with van der Waals surface area (Å²) >= 11 is 1.71. The Kier molecular flexibility index (Phi) is 5.99. The minimum Gasteiger partial charge on any atom is -0.354 e. The van der Waals surface area contributed by atoms with Crippen molar-refractivity contribution in [3.8, 4) is 0 Å². The first-order chi connectivity index (χ1) is 12.9. The SMILES string of the molecule is COC(CNC(=O)c1ccc2c(c1)N=C(C)c1c(C)ccc(C)c1S2)OC. The van der Waals surface area contributed by atoms with E-state index in [9.17, 15) is 4.79 Å². The minimum atomic E-state index is -0.467. The van der Waals surface area contributed by atoms with Gasteiger partial charge in [-0.05, 0) is 50.1 Å². The van der Waals surface area contributed by atoms with Crippen molar-refractivity contribution in [2.24, 2.45) is 4.99 Å². The van der Waals surface area contributed by atoms with Gasteiger partial charge in [0.1, 0.15) is 0 Å². The zero-order chi connectivity index (χ0) is 19.6. The Balaban J connectivity index is 1.91. The van der Waals surface area contributed by atoms with Crippen LogP contribution in [0.2, 0.25) is 0 Å². The third-order valence-electron chi connectivity index (χ3n) is 4.60. The van der Waals surface area contributed by atoms with E-state index in [-0.39, 0.29) is 12.5 Å². The van der Waals surface area contributed by atoms with E-state index in [1.807, 2.05) is 25.1 Å². The summed E-state index contributed by atoms with van der Waals surface area (Å²) in [6.07, 6.45) is -0.467. The number of aliphatic imine (C=N–C) groups is 1. The molecule has 3 rings (SSSR count). The number of fused-ring (bicyclic) bond motifs is 2. The van der Waals surface area contributed by atoms with Crippen molar-refractivity contribution in [2.75, 3.05) is 20.8 Å². The highest BCUT2D eigenvalue weighted by molar-refractivity contribution is 7.99. The second kappa shape index (κ2) is 8.25. The number of nitrogens with zero attached hydrogens (tertiary/aromatic N) is 1. The van der Waals surface area contributed by atoms with Gasteiger partial charge < -0.3 is 14.8 Å². The topological polar surface area (TPSA) is 59.9 Å². The molecule has 1 heterocycles. The Bertz CT molecular complexity index is 905. The summed E-state index contributed by atoms with van der Waals surface area (Å²) in [5, 5.41) is 2.83. The Morgan fingerprint density at radius 2 is 1.81 bits per heavy atom. The van der Waals surface area contributed by atoms with Crippen LogP contribution in [-0.4, -0.2) is 38.7 Å². The minimum absolute atomic E-state index is 0.177. The van der Waals surface area contributed by atoms with Gasteiger partial charge in [-0.2, -0.15) is 0 Å². The van der Waals surface area contributed by atoms with Crippen LogP contribution in [0.15, 0.2) is 45.1 Å². The molecule has 0 bridgehead atoms. The Morgan fingerprint density at radius 1 is 1.11 bits per heavy atom. The van der Waals surface area contributed by atoms with E-state index in [1.54, 1.807) is 26.0 Å². The third-order valence-corrected chi connectivity index (χ3v) is 5.90. The van der Waals surface area contributed by atoms with Gasteiger partial charge >= 0.3 is 0 Å². The lowest BCUT2D eigenvalue weighted by atomic mass is 10.0. The number of rotatable bonds is 5. The second-order valence-electron chi connectivity index (χ2n) is 6.50. The van der Waals surface area contributed by atoms with Gasteiger partial charge in [-0.3, -0.25) is 9.79 Å². The molecule has 0 aromatic heterocycles. The van der Waals surface area contributed by atoms with E-state index in [0.29, 0.717) is 5.56 Å². The van der Waals surface area contributed by atoms with Crippen molar-refractivity contribution < 1.29 is 14.3 Å². The molecule has 0 saturated carbocycles. The van der Waals surface area contributed by atoms with Crippen LogP contribution in [0.4, 0.5) is 5.69 Å². The van der Waals surface area contributed by atoms with Gasteiger partial charge in [-0.25, -0.2) is 0 Å². The van der Waals surface area contributed by atoms with E-state index in [0.717, 1.165) is 16.3 Å². The Labute approximate surface area is 164 Å². The number of carbonyl (C=O) groups is 1. The molecule has 1 aliphatic heterocycles. The summed E-state index contributed by atoms with van der Waals surface area (Å²) in [5.74, 6) is -0.177. The summed E-state index contributed by atoms with van der Waals surface area (Å²) in [6, 6.07) is 9.91. The average molecular weight is 385 g/mol. The second-order valence-corrected chi connectivity index (χ2v) is 7.55. The average Bonchev–Trinajstić information content (AvgIpc) is 2.81. The largest absolute Gasteiger partial charge is 0.354 e. The number of nitrogens with one attached hydrogen (secondary N) is 1. The van der Waals surface area contributed by atoms with Crippen molar-refractivity contribution in [2.45, 2.75) is 36.9 Å². The van der Waals surface area contributed by atoms with Crippen LogP contribution in [-0.2, 0) is 9.47 Å². The fourth-order valence-corrected chi connectivity index (χ4v) is 4.29. The molecule has 1 N–H and O–H groups in total. The predicted octanol–water partition coefficient (Wildman–Crippen LogP) is 4.26. The van der Waals surface area contributed by atoms with Crippen molar-refractivity contribution in [1.29, 1.82) is 0 Å². The van der Waals surface area contributed by atoms with Crippen LogP contribution in [0.25, 0.3) is 0 Å². The molecule has 142 valence electrons. The number of benzene rings is 2. The van der Waals surface area contributed by atoms with E-state index in [1.165, 1.54) is 21.6 Å². The summed E-state index contributed by atoms with van der Waals surface area (Å²) in [6.45, 7) is 6.53. The van der Waals surface area contributed by atoms with Crippen molar-refractivity contribution >= 4 is 29.1 Å². The first-order valence-electron chi connectivity index (χ1n) is 8.76. The van der Waals surface area contributed by atoms with Gasteiger partial charge in [0, 0.05) is 40.8 Å². The van der Waals surface area contributed by atoms with Gasteiger partial charge in [0.05, 0.1) is 12.2 Å². The van der Waals surface area contributed by atoms with Gasteiger partial charge in [0.15, 0.2) is 6.29 Å². The summed E-state index contributed by atoms with van der Waals surface area (Å²) < 4.78 is 10.2. The molecule has 1 amide bonds. The number of aryl methyl sites for hydroxylation is 2. The highest BCUT2D eigenvalue weighted by atomic mass is 32.2. The lowest BCUT2D eigenvalue weighted by molar-refractivity contribution is -0.0974. The smallest absolute Gasteiger partial charge is 0.251 e. The molecule has 0 saturated heterocycles. The van der Waals surface area contributed by atoms with E-state index in [2.05, 4.69) is 31.3 Å². The lowest BCUT2D eigenvalue weighted by Crippen LogP contribution is -2.34. The maximum atomic E-state index is 12.5. The molecule has 0 aliphatic carbocycles. The van der Waals surface area contributed by atoms with Crippen LogP contribution >= 0.6 is 11.8 Å². The normalized spacial score (nSPS) is 12.9.